The molecule has 1 aliphatic rings. The number of nitrogens with one attached hydrogen (secondary N) is 1. The van der Waals surface area contributed by atoms with Crippen molar-refractivity contribution in [1.82, 2.24) is 14.9 Å². The summed E-state index contributed by atoms with van der Waals surface area (Å²) in [4.78, 5) is 13.4. The third-order valence-electron chi connectivity index (χ3n) is 4.16. The maximum atomic E-state index is 4.39. The Morgan fingerprint density at radius 2 is 1.82 bits per heavy atom. The van der Waals surface area contributed by atoms with E-state index in [-0.39, 0.29) is 0 Å². The van der Waals surface area contributed by atoms with Gasteiger partial charge in [-0.25, -0.2) is 9.97 Å². The molecule has 1 saturated heterocycles. The van der Waals surface area contributed by atoms with Crippen molar-refractivity contribution in [2.45, 2.75) is 6.42 Å². The van der Waals surface area contributed by atoms with E-state index in [1.54, 1.807) is 6.33 Å². The molecule has 1 aromatic heterocycles. The lowest BCUT2D eigenvalue weighted by Gasteiger charge is -2.35. The Kier molecular flexibility index (Phi) is 4.85. The van der Waals surface area contributed by atoms with Crippen LogP contribution in [-0.4, -0.2) is 54.6 Å². The van der Waals surface area contributed by atoms with E-state index in [1.807, 2.05) is 13.1 Å². The van der Waals surface area contributed by atoms with Crippen LogP contribution in [0.2, 0.25) is 0 Å². The second-order valence-electron chi connectivity index (χ2n) is 5.58. The first kappa shape index (κ1) is 14.8. The highest BCUT2D eigenvalue weighted by molar-refractivity contribution is 5.48. The molecule has 0 bridgehead atoms. The Labute approximate surface area is 132 Å². The van der Waals surface area contributed by atoms with E-state index in [0.717, 1.165) is 50.8 Å². The van der Waals surface area contributed by atoms with Crippen molar-refractivity contribution < 1.29 is 0 Å². The molecule has 5 heteroatoms. The summed E-state index contributed by atoms with van der Waals surface area (Å²) in [6.07, 6.45) is 2.75. The number of hydrogen-bond donors (Lipinski definition) is 1. The van der Waals surface area contributed by atoms with Crippen LogP contribution in [0.3, 0.4) is 0 Å². The highest BCUT2D eigenvalue weighted by Crippen LogP contribution is 2.16. The van der Waals surface area contributed by atoms with E-state index >= 15 is 0 Å². The van der Waals surface area contributed by atoms with Crippen molar-refractivity contribution in [1.29, 1.82) is 0 Å². The monoisotopic (exact) mass is 297 g/mol. The molecule has 5 nitrogen and oxygen atoms in total. The van der Waals surface area contributed by atoms with Crippen molar-refractivity contribution >= 4 is 11.6 Å². The Morgan fingerprint density at radius 1 is 1.05 bits per heavy atom. The van der Waals surface area contributed by atoms with Gasteiger partial charge in [0.05, 0.1) is 0 Å². The first-order valence-corrected chi connectivity index (χ1v) is 7.86. The predicted octanol–water partition coefficient (Wildman–Crippen LogP) is 1.88. The molecule has 0 saturated carbocycles. The first-order chi connectivity index (χ1) is 10.8. The SMILES string of the molecule is CNc1cc(N2CCN(CCc3ccccc3)CC2)ncn1. The third kappa shape index (κ3) is 3.74. The van der Waals surface area contributed by atoms with Crippen LogP contribution in [0.5, 0.6) is 0 Å². The molecule has 1 aliphatic heterocycles. The van der Waals surface area contributed by atoms with Crippen molar-refractivity contribution in [3.8, 4) is 0 Å². The number of rotatable bonds is 5. The number of hydrogen-bond acceptors (Lipinski definition) is 5. The molecule has 0 atom stereocenters. The van der Waals surface area contributed by atoms with Gasteiger partial charge < -0.3 is 10.2 Å². The standard InChI is InChI=1S/C17H23N5/c1-18-16-13-17(20-14-19-16)22-11-9-21(10-12-22)8-7-15-5-3-2-4-6-15/h2-6,13-14H,7-12H2,1H3,(H,18,19,20). The fourth-order valence-electron chi connectivity index (χ4n) is 2.79. The average Bonchev–Trinajstić information content (AvgIpc) is 2.61. The Hall–Kier alpha value is -2.14. The minimum absolute atomic E-state index is 0.872. The summed E-state index contributed by atoms with van der Waals surface area (Å²) in [5.41, 5.74) is 1.42. The predicted molar refractivity (Wildman–Crippen MR) is 90.4 cm³/mol. The molecule has 1 aromatic carbocycles. The van der Waals surface area contributed by atoms with Crippen LogP contribution in [-0.2, 0) is 6.42 Å². The quantitative estimate of drug-likeness (QED) is 0.913. The van der Waals surface area contributed by atoms with Crippen LogP contribution in [0, 0.1) is 0 Å². The summed E-state index contributed by atoms with van der Waals surface area (Å²) in [6, 6.07) is 12.7. The molecule has 3 rings (SSSR count). The zero-order chi connectivity index (χ0) is 15.2. The van der Waals surface area contributed by atoms with Crippen LogP contribution >= 0.6 is 0 Å². The Bertz CT molecular complexity index is 579. The van der Waals surface area contributed by atoms with Gasteiger partial charge in [0, 0.05) is 45.8 Å². The van der Waals surface area contributed by atoms with Crippen LogP contribution in [0.15, 0.2) is 42.7 Å². The molecular formula is C17H23N5. The van der Waals surface area contributed by atoms with E-state index in [2.05, 4.69) is 55.4 Å². The summed E-state index contributed by atoms with van der Waals surface area (Å²) in [5, 5.41) is 3.07. The first-order valence-electron chi connectivity index (χ1n) is 7.86. The van der Waals surface area contributed by atoms with Crippen molar-refractivity contribution in [2.75, 3.05) is 50.0 Å². The van der Waals surface area contributed by atoms with Crippen molar-refractivity contribution in [3.63, 3.8) is 0 Å². The molecule has 0 aliphatic carbocycles. The lowest BCUT2D eigenvalue weighted by atomic mass is 10.1. The molecular weight excluding hydrogens is 274 g/mol. The number of aromatic nitrogens is 2. The Balaban J connectivity index is 1.49. The van der Waals surface area contributed by atoms with Crippen LogP contribution < -0.4 is 10.2 Å². The van der Waals surface area contributed by atoms with E-state index in [1.165, 1.54) is 5.56 Å². The number of piperazine rings is 1. The van der Waals surface area contributed by atoms with E-state index in [0.29, 0.717) is 0 Å². The Morgan fingerprint density at radius 3 is 2.55 bits per heavy atom. The summed E-state index contributed by atoms with van der Waals surface area (Å²) in [7, 11) is 1.88. The maximum absolute atomic E-state index is 4.39. The summed E-state index contributed by atoms with van der Waals surface area (Å²) < 4.78 is 0. The van der Waals surface area contributed by atoms with Crippen LogP contribution in [0.25, 0.3) is 0 Å². The van der Waals surface area contributed by atoms with Gasteiger partial charge in [-0.2, -0.15) is 0 Å². The molecule has 1 fully saturated rings. The zero-order valence-corrected chi connectivity index (χ0v) is 13.1. The number of nitrogens with zero attached hydrogens (tertiary/aromatic N) is 4. The average molecular weight is 297 g/mol. The summed E-state index contributed by atoms with van der Waals surface area (Å²) in [5.74, 6) is 1.89. The molecule has 2 aromatic rings. The molecule has 22 heavy (non-hydrogen) atoms. The molecule has 0 amide bonds. The van der Waals surface area contributed by atoms with Gasteiger partial charge in [-0.05, 0) is 12.0 Å². The van der Waals surface area contributed by atoms with Crippen molar-refractivity contribution in [2.24, 2.45) is 0 Å². The normalized spacial score (nSPS) is 15.8. The second-order valence-corrected chi connectivity index (χ2v) is 5.58. The summed E-state index contributed by atoms with van der Waals surface area (Å²) in [6.45, 7) is 5.35. The van der Waals surface area contributed by atoms with Gasteiger partial charge in [0.25, 0.3) is 0 Å². The van der Waals surface area contributed by atoms with Gasteiger partial charge in [0.2, 0.25) is 0 Å². The lowest BCUT2D eigenvalue weighted by molar-refractivity contribution is 0.260. The smallest absolute Gasteiger partial charge is 0.134 e. The summed E-state index contributed by atoms with van der Waals surface area (Å²) >= 11 is 0. The van der Waals surface area contributed by atoms with Gasteiger partial charge in [-0.3, -0.25) is 4.90 Å². The van der Waals surface area contributed by atoms with Gasteiger partial charge in [-0.1, -0.05) is 30.3 Å². The molecule has 116 valence electrons. The van der Waals surface area contributed by atoms with Gasteiger partial charge in [-0.15, -0.1) is 0 Å². The lowest BCUT2D eigenvalue weighted by Crippen LogP contribution is -2.47. The molecule has 0 unspecified atom stereocenters. The van der Waals surface area contributed by atoms with E-state index < -0.39 is 0 Å². The van der Waals surface area contributed by atoms with Gasteiger partial charge in [0.15, 0.2) is 0 Å². The highest BCUT2D eigenvalue weighted by atomic mass is 15.3. The third-order valence-corrected chi connectivity index (χ3v) is 4.16. The van der Waals surface area contributed by atoms with Crippen LogP contribution in [0.4, 0.5) is 11.6 Å². The fraction of sp³-hybridized carbons (Fsp3) is 0.412. The van der Waals surface area contributed by atoms with E-state index in [4.69, 9.17) is 0 Å². The molecule has 1 N–H and O–H groups in total. The van der Waals surface area contributed by atoms with Gasteiger partial charge >= 0.3 is 0 Å². The molecule has 2 heterocycles. The highest BCUT2D eigenvalue weighted by Gasteiger charge is 2.18. The fourth-order valence-corrected chi connectivity index (χ4v) is 2.79. The van der Waals surface area contributed by atoms with Crippen molar-refractivity contribution in [3.05, 3.63) is 48.3 Å². The number of benzene rings is 1. The topological polar surface area (TPSA) is 44.3 Å². The maximum Gasteiger partial charge on any atom is 0.134 e. The van der Waals surface area contributed by atoms with Crippen LogP contribution in [0.1, 0.15) is 5.56 Å². The van der Waals surface area contributed by atoms with Gasteiger partial charge in [0.1, 0.15) is 18.0 Å². The second kappa shape index (κ2) is 7.22. The largest absolute Gasteiger partial charge is 0.373 e. The zero-order valence-electron chi connectivity index (χ0n) is 13.1. The minimum Gasteiger partial charge on any atom is -0.373 e. The van der Waals surface area contributed by atoms with E-state index in [9.17, 15) is 0 Å². The molecule has 0 radical (unpaired) electrons. The molecule has 0 spiro atoms. The minimum atomic E-state index is 0.872. The number of anilines is 2.